The van der Waals surface area contributed by atoms with Crippen molar-refractivity contribution in [3.63, 3.8) is 0 Å². The summed E-state index contributed by atoms with van der Waals surface area (Å²) < 4.78 is 26.7. The van der Waals surface area contributed by atoms with Gasteiger partial charge < -0.3 is 10.4 Å². The first-order chi connectivity index (χ1) is 9.41. The van der Waals surface area contributed by atoms with Crippen molar-refractivity contribution in [2.45, 2.75) is 44.6 Å². The van der Waals surface area contributed by atoms with E-state index in [9.17, 15) is 18.7 Å². The van der Waals surface area contributed by atoms with Gasteiger partial charge in [-0.15, -0.1) is 0 Å². The average Bonchev–Trinajstić information content (AvgIpc) is 2.41. The molecule has 0 atom stereocenters. The lowest BCUT2D eigenvalue weighted by atomic mass is 9.85. The van der Waals surface area contributed by atoms with Gasteiger partial charge in [-0.1, -0.05) is 19.3 Å². The number of carbonyl (C=O) groups is 1. The van der Waals surface area contributed by atoms with Crippen molar-refractivity contribution in [1.29, 1.82) is 0 Å². The molecule has 0 bridgehead atoms. The number of carbonyl (C=O) groups excluding carboxylic acids is 1. The van der Waals surface area contributed by atoms with Gasteiger partial charge in [-0.2, -0.15) is 0 Å². The predicted molar refractivity (Wildman–Crippen MR) is 71.5 cm³/mol. The molecule has 20 heavy (non-hydrogen) atoms. The van der Waals surface area contributed by atoms with Crippen molar-refractivity contribution in [3.8, 4) is 0 Å². The normalized spacial score (nSPS) is 17.8. The molecule has 0 unspecified atom stereocenters. The molecule has 0 saturated heterocycles. The maximum Gasteiger partial charge on any atom is 0.254 e. The van der Waals surface area contributed by atoms with Crippen LogP contribution in [0.2, 0.25) is 0 Å². The van der Waals surface area contributed by atoms with Gasteiger partial charge in [0.15, 0.2) is 0 Å². The largest absolute Gasteiger partial charge is 0.388 e. The fraction of sp³-hybridized carbons (Fsp3) is 0.533. The second-order valence-electron chi connectivity index (χ2n) is 5.55. The van der Waals surface area contributed by atoms with Crippen LogP contribution in [-0.2, 0) is 0 Å². The summed E-state index contributed by atoms with van der Waals surface area (Å²) >= 11 is 0. The Morgan fingerprint density at radius 2 is 1.90 bits per heavy atom. The van der Waals surface area contributed by atoms with Gasteiger partial charge in [0.1, 0.15) is 11.6 Å². The molecule has 3 nitrogen and oxygen atoms in total. The molecular weight excluding hydrogens is 264 g/mol. The van der Waals surface area contributed by atoms with Crippen LogP contribution in [0.15, 0.2) is 12.1 Å². The van der Waals surface area contributed by atoms with Crippen molar-refractivity contribution < 1.29 is 18.7 Å². The SMILES string of the molecule is Cc1cc(C(=O)NCC2(O)CCCCC2)c(F)cc1F. The van der Waals surface area contributed by atoms with E-state index in [0.717, 1.165) is 19.3 Å². The van der Waals surface area contributed by atoms with E-state index < -0.39 is 23.1 Å². The highest BCUT2D eigenvalue weighted by Gasteiger charge is 2.29. The minimum absolute atomic E-state index is 0.0989. The van der Waals surface area contributed by atoms with E-state index in [1.807, 2.05) is 0 Å². The Morgan fingerprint density at radius 3 is 2.55 bits per heavy atom. The van der Waals surface area contributed by atoms with Gasteiger partial charge in [-0.3, -0.25) is 4.79 Å². The molecule has 2 N–H and O–H groups in total. The van der Waals surface area contributed by atoms with Crippen LogP contribution in [0.3, 0.4) is 0 Å². The van der Waals surface area contributed by atoms with Gasteiger partial charge in [-0.05, 0) is 31.4 Å². The highest BCUT2D eigenvalue weighted by molar-refractivity contribution is 5.94. The monoisotopic (exact) mass is 283 g/mol. The number of benzene rings is 1. The van der Waals surface area contributed by atoms with E-state index >= 15 is 0 Å². The highest BCUT2D eigenvalue weighted by atomic mass is 19.1. The topological polar surface area (TPSA) is 49.3 Å². The maximum absolute atomic E-state index is 13.6. The van der Waals surface area contributed by atoms with Crippen LogP contribution >= 0.6 is 0 Å². The molecule has 1 saturated carbocycles. The van der Waals surface area contributed by atoms with Crippen LogP contribution in [0.25, 0.3) is 0 Å². The van der Waals surface area contributed by atoms with Gasteiger partial charge >= 0.3 is 0 Å². The Balaban J connectivity index is 2.03. The average molecular weight is 283 g/mol. The standard InChI is InChI=1S/C15H19F2NO2/c1-10-7-11(13(17)8-12(10)16)14(19)18-9-15(20)5-3-2-4-6-15/h7-8,20H,2-6,9H2,1H3,(H,18,19). The van der Waals surface area contributed by atoms with Crippen LogP contribution in [-0.4, -0.2) is 23.2 Å². The molecule has 0 radical (unpaired) electrons. The molecule has 0 heterocycles. The van der Waals surface area contributed by atoms with E-state index in [4.69, 9.17) is 0 Å². The van der Waals surface area contributed by atoms with Crippen LogP contribution in [0.1, 0.15) is 48.0 Å². The number of rotatable bonds is 3. The van der Waals surface area contributed by atoms with Gasteiger partial charge in [-0.25, -0.2) is 8.78 Å². The van der Waals surface area contributed by atoms with E-state index in [1.165, 1.54) is 13.0 Å². The molecule has 5 heteroatoms. The predicted octanol–water partition coefficient (Wildman–Crippen LogP) is 2.70. The summed E-state index contributed by atoms with van der Waals surface area (Å²) in [6.45, 7) is 1.57. The zero-order chi connectivity index (χ0) is 14.8. The van der Waals surface area contributed by atoms with Crippen molar-refractivity contribution in [2.75, 3.05) is 6.54 Å². The van der Waals surface area contributed by atoms with E-state index in [0.29, 0.717) is 18.9 Å². The third kappa shape index (κ3) is 3.33. The summed E-state index contributed by atoms with van der Waals surface area (Å²) in [6, 6.07) is 1.89. The Bertz CT molecular complexity index is 511. The zero-order valence-electron chi connectivity index (χ0n) is 11.5. The Morgan fingerprint density at radius 1 is 1.25 bits per heavy atom. The van der Waals surface area contributed by atoms with Gasteiger partial charge in [0.05, 0.1) is 11.2 Å². The number of hydrogen-bond donors (Lipinski definition) is 2. The fourth-order valence-corrected chi connectivity index (χ4v) is 2.56. The second-order valence-corrected chi connectivity index (χ2v) is 5.55. The van der Waals surface area contributed by atoms with Gasteiger partial charge in [0, 0.05) is 12.6 Å². The van der Waals surface area contributed by atoms with E-state index in [1.54, 1.807) is 0 Å². The Kier molecular flexibility index (Phi) is 4.38. The molecule has 1 aliphatic rings. The molecule has 1 aliphatic carbocycles. The molecule has 1 aromatic rings. The lowest BCUT2D eigenvalue weighted by Gasteiger charge is -2.32. The Hall–Kier alpha value is -1.49. The third-order valence-corrected chi connectivity index (χ3v) is 3.86. The lowest BCUT2D eigenvalue weighted by molar-refractivity contribution is 0.00521. The number of aryl methyl sites for hydroxylation is 1. The van der Waals surface area contributed by atoms with E-state index in [-0.39, 0.29) is 17.7 Å². The first-order valence-electron chi connectivity index (χ1n) is 6.87. The van der Waals surface area contributed by atoms with Crippen molar-refractivity contribution in [2.24, 2.45) is 0 Å². The molecule has 0 aromatic heterocycles. The molecule has 1 aromatic carbocycles. The number of amides is 1. The fourth-order valence-electron chi connectivity index (χ4n) is 2.56. The summed E-state index contributed by atoms with van der Waals surface area (Å²) in [6.07, 6.45) is 4.21. The molecule has 0 aliphatic heterocycles. The van der Waals surface area contributed by atoms with Crippen molar-refractivity contribution >= 4 is 5.91 Å². The smallest absolute Gasteiger partial charge is 0.254 e. The van der Waals surface area contributed by atoms with Crippen molar-refractivity contribution in [1.82, 2.24) is 5.32 Å². The summed E-state index contributed by atoms with van der Waals surface area (Å²) in [5, 5.41) is 12.8. The van der Waals surface area contributed by atoms with Gasteiger partial charge in [0.25, 0.3) is 5.91 Å². The summed E-state index contributed by atoms with van der Waals surface area (Å²) in [4.78, 5) is 11.9. The summed E-state index contributed by atoms with van der Waals surface area (Å²) in [5.41, 5.74) is -0.879. The Labute approximate surface area is 117 Å². The lowest BCUT2D eigenvalue weighted by Crippen LogP contribution is -2.44. The molecule has 1 fully saturated rings. The molecule has 1 amide bonds. The summed E-state index contributed by atoms with van der Waals surface area (Å²) in [7, 11) is 0. The minimum atomic E-state index is -0.903. The quantitative estimate of drug-likeness (QED) is 0.896. The van der Waals surface area contributed by atoms with Crippen LogP contribution in [0, 0.1) is 18.6 Å². The second kappa shape index (κ2) is 5.87. The number of hydrogen-bond acceptors (Lipinski definition) is 2. The first kappa shape index (κ1) is 14.9. The van der Waals surface area contributed by atoms with Crippen molar-refractivity contribution in [3.05, 3.63) is 34.9 Å². The number of nitrogens with one attached hydrogen (secondary N) is 1. The highest BCUT2D eigenvalue weighted by Crippen LogP contribution is 2.27. The molecular formula is C15H19F2NO2. The van der Waals surface area contributed by atoms with Crippen LogP contribution in [0.5, 0.6) is 0 Å². The van der Waals surface area contributed by atoms with Crippen LogP contribution in [0.4, 0.5) is 8.78 Å². The van der Waals surface area contributed by atoms with Crippen LogP contribution < -0.4 is 5.32 Å². The molecule has 110 valence electrons. The maximum atomic E-state index is 13.6. The third-order valence-electron chi connectivity index (χ3n) is 3.86. The number of aliphatic hydroxyl groups is 1. The van der Waals surface area contributed by atoms with Gasteiger partial charge in [0.2, 0.25) is 0 Å². The van der Waals surface area contributed by atoms with E-state index in [2.05, 4.69) is 5.32 Å². The molecule has 2 rings (SSSR count). The zero-order valence-corrected chi connectivity index (χ0v) is 11.5. The minimum Gasteiger partial charge on any atom is -0.388 e. The molecule has 0 spiro atoms. The number of halogens is 2. The summed E-state index contributed by atoms with van der Waals surface area (Å²) in [5.74, 6) is -2.18. The first-order valence-corrected chi connectivity index (χ1v) is 6.87.